The summed E-state index contributed by atoms with van der Waals surface area (Å²) in [5.41, 5.74) is 2.44. The standard InChI is InChI=1S/C31H37N3O4/c1-33(21-23-13-15-24(16-14-23)31(36)37-3)28-11-7-8-12-29(28)34(2)22-30(35)32-25-17-19-27(20-18-25)38-26-9-5-4-6-10-26/h4-6,9-10,13-20,28-29H,7-8,11-12,21-22H2,1-3H3,(H,32,35)/t28-,29-/m1/s1. The molecule has 200 valence electrons. The van der Waals surface area contributed by atoms with Crippen molar-refractivity contribution in [2.75, 3.05) is 33.1 Å². The van der Waals surface area contributed by atoms with Gasteiger partial charge in [-0.15, -0.1) is 0 Å². The van der Waals surface area contributed by atoms with E-state index < -0.39 is 0 Å². The van der Waals surface area contributed by atoms with Gasteiger partial charge in [0.05, 0.1) is 19.2 Å². The number of hydrogen-bond donors (Lipinski definition) is 1. The van der Waals surface area contributed by atoms with Crippen LogP contribution in [-0.4, -0.2) is 61.5 Å². The molecule has 1 aliphatic carbocycles. The van der Waals surface area contributed by atoms with Gasteiger partial charge < -0.3 is 14.8 Å². The van der Waals surface area contributed by atoms with Crippen molar-refractivity contribution in [1.82, 2.24) is 9.80 Å². The second kappa shape index (κ2) is 13.2. The van der Waals surface area contributed by atoms with Crippen molar-refractivity contribution in [3.05, 3.63) is 90.0 Å². The number of nitrogens with one attached hydrogen (secondary N) is 1. The maximum atomic E-state index is 12.9. The molecule has 0 radical (unpaired) electrons. The molecule has 0 saturated heterocycles. The Hall–Kier alpha value is -3.68. The predicted molar refractivity (Wildman–Crippen MR) is 150 cm³/mol. The third-order valence-corrected chi connectivity index (χ3v) is 7.14. The number of rotatable bonds is 10. The minimum absolute atomic E-state index is 0.0328. The third kappa shape index (κ3) is 7.43. The SMILES string of the molecule is COC(=O)c1ccc(CN(C)[C@@H]2CCCC[C@H]2N(C)CC(=O)Nc2ccc(Oc3ccccc3)cc2)cc1. The number of likely N-dealkylation sites (N-methyl/N-ethyl adjacent to an activating group) is 2. The van der Waals surface area contributed by atoms with E-state index in [9.17, 15) is 9.59 Å². The first-order chi connectivity index (χ1) is 18.4. The third-order valence-electron chi connectivity index (χ3n) is 7.14. The van der Waals surface area contributed by atoms with E-state index in [0.29, 0.717) is 18.2 Å². The summed E-state index contributed by atoms with van der Waals surface area (Å²) in [5.74, 6) is 1.14. The highest BCUT2D eigenvalue weighted by Gasteiger charge is 2.32. The highest BCUT2D eigenvalue weighted by atomic mass is 16.5. The first-order valence-corrected chi connectivity index (χ1v) is 13.1. The fraction of sp³-hybridized carbons (Fsp3) is 0.355. The molecular formula is C31H37N3O4. The summed E-state index contributed by atoms with van der Waals surface area (Å²) in [6.07, 6.45) is 4.50. The van der Waals surface area contributed by atoms with Crippen molar-refractivity contribution in [3.63, 3.8) is 0 Å². The van der Waals surface area contributed by atoms with Gasteiger partial charge in [0.2, 0.25) is 5.91 Å². The topological polar surface area (TPSA) is 71.1 Å². The van der Waals surface area contributed by atoms with Crippen molar-refractivity contribution in [3.8, 4) is 11.5 Å². The first-order valence-electron chi connectivity index (χ1n) is 13.1. The van der Waals surface area contributed by atoms with Gasteiger partial charge in [0.1, 0.15) is 11.5 Å². The van der Waals surface area contributed by atoms with Crippen molar-refractivity contribution in [1.29, 1.82) is 0 Å². The van der Waals surface area contributed by atoms with E-state index in [4.69, 9.17) is 9.47 Å². The van der Waals surface area contributed by atoms with E-state index >= 15 is 0 Å². The Labute approximate surface area is 225 Å². The molecule has 0 unspecified atom stereocenters. The molecule has 4 rings (SSSR count). The van der Waals surface area contributed by atoms with Crippen molar-refractivity contribution >= 4 is 17.6 Å². The Balaban J connectivity index is 1.31. The molecule has 1 N–H and O–H groups in total. The number of methoxy groups -OCH3 is 1. The number of esters is 1. The maximum absolute atomic E-state index is 12.9. The lowest BCUT2D eigenvalue weighted by molar-refractivity contribution is -0.118. The lowest BCUT2D eigenvalue weighted by Crippen LogP contribution is -2.52. The number of hydrogen-bond acceptors (Lipinski definition) is 6. The van der Waals surface area contributed by atoms with Crippen LogP contribution in [-0.2, 0) is 16.1 Å². The quantitative estimate of drug-likeness (QED) is 0.356. The van der Waals surface area contributed by atoms with Gasteiger partial charge >= 0.3 is 5.97 Å². The van der Waals surface area contributed by atoms with Crippen LogP contribution in [0.4, 0.5) is 5.69 Å². The average Bonchev–Trinajstić information content (AvgIpc) is 2.94. The number of para-hydroxylation sites is 1. The Morgan fingerprint density at radius 3 is 2.05 bits per heavy atom. The van der Waals surface area contributed by atoms with Crippen LogP contribution < -0.4 is 10.1 Å². The molecule has 1 amide bonds. The Bertz CT molecular complexity index is 1180. The normalized spacial score (nSPS) is 17.3. The van der Waals surface area contributed by atoms with Crippen LogP contribution in [0.1, 0.15) is 41.6 Å². The zero-order valence-corrected chi connectivity index (χ0v) is 22.4. The monoisotopic (exact) mass is 515 g/mol. The highest BCUT2D eigenvalue weighted by Crippen LogP contribution is 2.27. The van der Waals surface area contributed by atoms with E-state index in [1.807, 2.05) is 85.9 Å². The van der Waals surface area contributed by atoms with Gasteiger partial charge in [-0.1, -0.05) is 43.2 Å². The van der Waals surface area contributed by atoms with Gasteiger partial charge in [0, 0.05) is 24.3 Å². The van der Waals surface area contributed by atoms with Crippen LogP contribution in [0.3, 0.4) is 0 Å². The first kappa shape index (κ1) is 27.4. The van der Waals surface area contributed by atoms with Crippen molar-refractivity contribution in [2.24, 2.45) is 0 Å². The fourth-order valence-electron chi connectivity index (χ4n) is 5.16. The zero-order chi connectivity index (χ0) is 26.9. The van der Waals surface area contributed by atoms with Gasteiger partial charge in [-0.05, 0) is 81.0 Å². The maximum Gasteiger partial charge on any atom is 0.337 e. The second-order valence-corrected chi connectivity index (χ2v) is 9.93. The van der Waals surface area contributed by atoms with Gasteiger partial charge in [-0.3, -0.25) is 14.6 Å². The fourth-order valence-corrected chi connectivity index (χ4v) is 5.16. The Morgan fingerprint density at radius 2 is 1.42 bits per heavy atom. The molecule has 0 heterocycles. The summed E-state index contributed by atoms with van der Waals surface area (Å²) in [6, 6.07) is 25.3. The molecule has 3 aromatic rings. The number of nitrogens with zero attached hydrogens (tertiary/aromatic N) is 2. The lowest BCUT2D eigenvalue weighted by atomic mass is 9.88. The summed E-state index contributed by atoms with van der Waals surface area (Å²) in [4.78, 5) is 29.2. The van der Waals surface area contributed by atoms with Crippen LogP contribution in [0.25, 0.3) is 0 Å². The summed E-state index contributed by atoms with van der Waals surface area (Å²) in [7, 11) is 5.57. The number of carbonyl (C=O) groups is 2. The molecular weight excluding hydrogens is 478 g/mol. The Kier molecular flexibility index (Phi) is 9.51. The molecule has 2 atom stereocenters. The van der Waals surface area contributed by atoms with Gasteiger partial charge in [-0.25, -0.2) is 4.79 Å². The van der Waals surface area contributed by atoms with Crippen LogP contribution >= 0.6 is 0 Å². The number of amides is 1. The molecule has 38 heavy (non-hydrogen) atoms. The molecule has 1 aliphatic rings. The molecule has 0 spiro atoms. The lowest BCUT2D eigenvalue weighted by Gasteiger charge is -2.42. The second-order valence-electron chi connectivity index (χ2n) is 9.93. The predicted octanol–water partition coefficient (Wildman–Crippen LogP) is 5.58. The summed E-state index contributed by atoms with van der Waals surface area (Å²) >= 11 is 0. The molecule has 7 heteroatoms. The molecule has 0 bridgehead atoms. The molecule has 1 saturated carbocycles. The zero-order valence-electron chi connectivity index (χ0n) is 22.4. The van der Waals surface area contributed by atoms with Crippen molar-refractivity contribution in [2.45, 2.75) is 44.3 Å². The highest BCUT2D eigenvalue weighted by molar-refractivity contribution is 5.92. The van der Waals surface area contributed by atoms with E-state index in [1.165, 1.54) is 13.5 Å². The molecule has 3 aromatic carbocycles. The molecule has 1 fully saturated rings. The largest absolute Gasteiger partial charge is 0.465 e. The summed E-state index contributed by atoms with van der Waals surface area (Å²) < 4.78 is 10.6. The minimum atomic E-state index is -0.325. The van der Waals surface area contributed by atoms with E-state index in [-0.39, 0.29) is 17.9 Å². The molecule has 0 aliphatic heterocycles. The van der Waals surface area contributed by atoms with Crippen LogP contribution in [0.5, 0.6) is 11.5 Å². The number of ether oxygens (including phenoxy) is 2. The molecule has 7 nitrogen and oxygen atoms in total. The van der Waals surface area contributed by atoms with E-state index in [0.717, 1.165) is 48.6 Å². The summed E-state index contributed by atoms with van der Waals surface area (Å²) in [5, 5.41) is 3.02. The number of carbonyl (C=O) groups excluding carboxylic acids is 2. The summed E-state index contributed by atoms with van der Waals surface area (Å²) in [6.45, 7) is 1.10. The van der Waals surface area contributed by atoms with E-state index in [1.54, 1.807) is 0 Å². The van der Waals surface area contributed by atoms with Gasteiger partial charge in [0.25, 0.3) is 0 Å². The number of benzene rings is 3. The Morgan fingerprint density at radius 1 is 0.816 bits per heavy atom. The van der Waals surface area contributed by atoms with Crippen LogP contribution in [0.15, 0.2) is 78.9 Å². The van der Waals surface area contributed by atoms with Crippen LogP contribution in [0.2, 0.25) is 0 Å². The number of anilines is 1. The van der Waals surface area contributed by atoms with E-state index in [2.05, 4.69) is 22.2 Å². The van der Waals surface area contributed by atoms with Gasteiger partial charge in [-0.2, -0.15) is 0 Å². The van der Waals surface area contributed by atoms with Crippen LogP contribution in [0, 0.1) is 0 Å². The average molecular weight is 516 g/mol. The molecule has 0 aromatic heterocycles. The van der Waals surface area contributed by atoms with Gasteiger partial charge in [0.15, 0.2) is 0 Å². The minimum Gasteiger partial charge on any atom is -0.465 e. The smallest absolute Gasteiger partial charge is 0.337 e. The van der Waals surface area contributed by atoms with Crippen molar-refractivity contribution < 1.29 is 19.1 Å².